The molecule has 130 valence electrons. The van der Waals surface area contributed by atoms with Crippen LogP contribution in [0.5, 0.6) is 0 Å². The molecule has 0 spiro atoms. The first-order chi connectivity index (χ1) is 10.7. The number of benzene rings is 1. The van der Waals surface area contributed by atoms with Gasteiger partial charge in [-0.3, -0.25) is 0 Å². The van der Waals surface area contributed by atoms with E-state index in [0.717, 1.165) is 32.8 Å². The molecule has 22 heavy (non-hydrogen) atoms. The fourth-order valence-electron chi connectivity index (χ4n) is 1.93. The smallest absolute Gasteiger partial charge is 0.407 e. The van der Waals surface area contributed by atoms with Gasteiger partial charge in [0.15, 0.2) is 0 Å². The zero-order chi connectivity index (χ0) is 17.4. The number of amides is 1. The van der Waals surface area contributed by atoms with Crippen LogP contribution in [0.15, 0.2) is 24.3 Å². The van der Waals surface area contributed by atoms with Crippen LogP contribution in [-0.4, -0.2) is 31.5 Å². The zero-order valence-corrected chi connectivity index (χ0v) is 15.0. The molecule has 4 nitrogen and oxygen atoms in total. The van der Waals surface area contributed by atoms with Gasteiger partial charge < -0.3 is 15.2 Å². The van der Waals surface area contributed by atoms with Gasteiger partial charge in [-0.2, -0.15) is 0 Å². The van der Waals surface area contributed by atoms with Crippen molar-refractivity contribution in [2.45, 2.75) is 59.5 Å². The summed E-state index contributed by atoms with van der Waals surface area (Å²) in [5.74, 6) is 0. The quantitative estimate of drug-likeness (QED) is 0.821. The number of aliphatic hydroxyl groups is 1. The SMILES string of the molecule is CC.CCCC[C@@H](Cc1ccccc1C)OC(=O)NC.CO.[HH]. The van der Waals surface area contributed by atoms with Crippen LogP contribution in [-0.2, 0) is 11.2 Å². The molecule has 0 radical (unpaired) electrons. The van der Waals surface area contributed by atoms with Gasteiger partial charge in [0.2, 0.25) is 0 Å². The average molecular weight is 313 g/mol. The first-order valence-electron chi connectivity index (χ1n) is 8.05. The van der Waals surface area contributed by atoms with Crippen molar-refractivity contribution < 1.29 is 16.1 Å². The number of alkyl carbamates (subject to hydrolysis) is 1. The Labute approximate surface area is 137 Å². The Balaban J connectivity index is -0.000000739. The van der Waals surface area contributed by atoms with Crippen LogP contribution in [0, 0.1) is 6.92 Å². The van der Waals surface area contributed by atoms with Crippen LogP contribution in [0.25, 0.3) is 0 Å². The largest absolute Gasteiger partial charge is 0.446 e. The molecule has 0 saturated carbocycles. The third-order valence-corrected chi connectivity index (χ3v) is 3.07. The Bertz CT molecular complexity index is 386. The highest BCUT2D eigenvalue weighted by atomic mass is 16.6. The van der Waals surface area contributed by atoms with E-state index in [4.69, 9.17) is 9.84 Å². The van der Waals surface area contributed by atoms with Gasteiger partial charge in [-0.15, -0.1) is 0 Å². The third-order valence-electron chi connectivity index (χ3n) is 3.07. The fourth-order valence-corrected chi connectivity index (χ4v) is 1.93. The second kappa shape index (κ2) is 15.8. The molecule has 0 aromatic heterocycles. The summed E-state index contributed by atoms with van der Waals surface area (Å²) in [4.78, 5) is 11.3. The highest BCUT2D eigenvalue weighted by Gasteiger charge is 2.14. The number of aryl methyl sites for hydroxylation is 1. The lowest BCUT2D eigenvalue weighted by Crippen LogP contribution is -2.27. The summed E-state index contributed by atoms with van der Waals surface area (Å²) in [5, 5.41) is 9.51. The van der Waals surface area contributed by atoms with Crippen LogP contribution in [0.2, 0.25) is 0 Å². The number of carbonyl (C=O) groups excluding carboxylic acids is 1. The Hall–Kier alpha value is -1.55. The molecule has 0 fully saturated rings. The molecule has 4 heteroatoms. The summed E-state index contributed by atoms with van der Waals surface area (Å²) >= 11 is 0. The molecule has 0 heterocycles. The zero-order valence-electron chi connectivity index (χ0n) is 15.0. The number of aliphatic hydroxyl groups excluding tert-OH is 1. The maximum atomic E-state index is 11.3. The summed E-state index contributed by atoms with van der Waals surface area (Å²) in [6.45, 7) is 8.23. The maximum Gasteiger partial charge on any atom is 0.407 e. The van der Waals surface area contributed by atoms with Crippen molar-refractivity contribution in [2.24, 2.45) is 0 Å². The van der Waals surface area contributed by atoms with Gasteiger partial charge in [0.25, 0.3) is 0 Å². The molecule has 0 aliphatic heterocycles. The third kappa shape index (κ3) is 10.2. The number of unbranched alkanes of at least 4 members (excludes halogenated alkanes) is 1. The molecule has 1 aromatic rings. The van der Waals surface area contributed by atoms with Gasteiger partial charge in [0.1, 0.15) is 6.10 Å². The predicted molar refractivity (Wildman–Crippen MR) is 95.3 cm³/mol. The topological polar surface area (TPSA) is 58.6 Å². The lowest BCUT2D eigenvalue weighted by atomic mass is 9.99. The van der Waals surface area contributed by atoms with Crippen molar-refractivity contribution in [1.29, 1.82) is 0 Å². The Morgan fingerprint density at radius 2 is 1.91 bits per heavy atom. The second-order valence-electron chi connectivity index (χ2n) is 4.55. The van der Waals surface area contributed by atoms with Gasteiger partial charge >= 0.3 is 6.09 Å². The van der Waals surface area contributed by atoms with Gasteiger partial charge in [-0.25, -0.2) is 4.79 Å². The monoisotopic (exact) mass is 313 g/mol. The van der Waals surface area contributed by atoms with E-state index >= 15 is 0 Å². The van der Waals surface area contributed by atoms with E-state index in [2.05, 4.69) is 31.3 Å². The highest BCUT2D eigenvalue weighted by Crippen LogP contribution is 2.15. The molecule has 0 saturated heterocycles. The molecular formula is C18H35NO3. The molecule has 2 N–H and O–H groups in total. The van der Waals surface area contributed by atoms with E-state index in [0.29, 0.717) is 0 Å². The minimum absolute atomic E-state index is 0. The minimum atomic E-state index is -0.343. The first-order valence-corrected chi connectivity index (χ1v) is 8.05. The molecule has 1 aromatic carbocycles. The molecule has 0 unspecified atom stereocenters. The van der Waals surface area contributed by atoms with Crippen LogP contribution < -0.4 is 5.32 Å². The van der Waals surface area contributed by atoms with Gasteiger partial charge in [0, 0.05) is 22.0 Å². The summed E-state index contributed by atoms with van der Waals surface area (Å²) < 4.78 is 5.41. The Morgan fingerprint density at radius 3 is 2.41 bits per heavy atom. The fraction of sp³-hybridized carbons (Fsp3) is 0.611. The number of nitrogens with one attached hydrogen (secondary N) is 1. The molecule has 0 aliphatic carbocycles. The summed E-state index contributed by atoms with van der Waals surface area (Å²) in [7, 11) is 2.59. The van der Waals surface area contributed by atoms with E-state index in [1.165, 1.54) is 11.1 Å². The summed E-state index contributed by atoms with van der Waals surface area (Å²) in [6, 6.07) is 8.24. The van der Waals surface area contributed by atoms with Crippen molar-refractivity contribution in [3.63, 3.8) is 0 Å². The van der Waals surface area contributed by atoms with Crippen molar-refractivity contribution in [2.75, 3.05) is 14.2 Å². The number of hydrogen-bond donors (Lipinski definition) is 2. The predicted octanol–water partition coefficient (Wildman–Crippen LogP) is 4.33. The normalized spacial score (nSPS) is 10.3. The van der Waals surface area contributed by atoms with Crippen molar-refractivity contribution in [3.8, 4) is 0 Å². The van der Waals surface area contributed by atoms with Gasteiger partial charge in [-0.1, -0.05) is 57.9 Å². The average Bonchev–Trinajstić information content (AvgIpc) is 2.58. The van der Waals surface area contributed by atoms with E-state index < -0.39 is 0 Å². The molecular weight excluding hydrogens is 278 g/mol. The highest BCUT2D eigenvalue weighted by molar-refractivity contribution is 5.66. The lowest BCUT2D eigenvalue weighted by molar-refractivity contribution is 0.0929. The van der Waals surface area contributed by atoms with Crippen LogP contribution in [0.1, 0.15) is 52.6 Å². The van der Waals surface area contributed by atoms with E-state index in [1.54, 1.807) is 7.05 Å². The van der Waals surface area contributed by atoms with Crippen molar-refractivity contribution >= 4 is 6.09 Å². The number of hydrogen-bond acceptors (Lipinski definition) is 3. The minimum Gasteiger partial charge on any atom is -0.446 e. The Morgan fingerprint density at radius 1 is 1.32 bits per heavy atom. The molecule has 0 aliphatic rings. The van der Waals surface area contributed by atoms with Crippen LogP contribution in [0.3, 0.4) is 0 Å². The van der Waals surface area contributed by atoms with E-state index in [9.17, 15) is 4.79 Å². The molecule has 1 rings (SSSR count). The van der Waals surface area contributed by atoms with Crippen LogP contribution in [0.4, 0.5) is 4.79 Å². The second-order valence-corrected chi connectivity index (χ2v) is 4.55. The Kier molecular flexibility index (Phi) is 16.4. The maximum absolute atomic E-state index is 11.3. The van der Waals surface area contributed by atoms with Crippen LogP contribution >= 0.6 is 0 Å². The van der Waals surface area contributed by atoms with Gasteiger partial charge in [0.05, 0.1) is 0 Å². The number of carbonyl (C=O) groups is 1. The van der Waals surface area contributed by atoms with Gasteiger partial charge in [-0.05, 0) is 24.5 Å². The van der Waals surface area contributed by atoms with Crippen molar-refractivity contribution in [1.82, 2.24) is 5.32 Å². The molecule has 1 atom stereocenters. The molecule has 1 amide bonds. The number of rotatable bonds is 6. The van der Waals surface area contributed by atoms with E-state index in [-0.39, 0.29) is 13.6 Å². The van der Waals surface area contributed by atoms with E-state index in [1.807, 2.05) is 26.0 Å². The number of ether oxygens (including phenoxy) is 1. The summed E-state index contributed by atoms with van der Waals surface area (Å²) in [6.07, 6.45) is 3.52. The standard InChI is InChI=1S/C15H23NO2.C2H6.CH4O.H2/c1-4-5-10-14(18-15(17)16-3)11-13-9-7-6-8-12(13)2;2*1-2;/h6-9,14H,4-5,10-11H2,1-3H3,(H,16,17);1-2H3;2H,1H3;1H/t14-;;;/m0.../s1. The molecule has 0 bridgehead atoms. The summed E-state index contributed by atoms with van der Waals surface area (Å²) in [5.41, 5.74) is 2.50. The first kappa shape index (κ1) is 22.7. The lowest BCUT2D eigenvalue weighted by Gasteiger charge is -2.18. The van der Waals surface area contributed by atoms with Crippen molar-refractivity contribution in [3.05, 3.63) is 35.4 Å².